The Morgan fingerprint density at radius 3 is 2.26 bits per heavy atom. The highest BCUT2D eigenvalue weighted by Crippen LogP contribution is 2.35. The zero-order chi connectivity index (χ0) is 16.8. The van der Waals surface area contributed by atoms with E-state index in [1.165, 1.54) is 14.2 Å². The van der Waals surface area contributed by atoms with Crippen molar-refractivity contribution < 1.29 is 19.0 Å². The van der Waals surface area contributed by atoms with E-state index in [2.05, 4.69) is 21.2 Å². The van der Waals surface area contributed by atoms with Gasteiger partial charge in [0.1, 0.15) is 21.7 Å². The average Bonchev–Trinajstić information content (AvgIpc) is 2.60. The maximum atomic E-state index is 12.4. The number of benzene rings is 2. The van der Waals surface area contributed by atoms with E-state index in [9.17, 15) is 4.79 Å². The Bertz CT molecular complexity index is 678. The molecule has 0 bridgehead atoms. The molecule has 2 aromatic rings. The van der Waals surface area contributed by atoms with Crippen molar-refractivity contribution in [2.75, 3.05) is 21.3 Å². The van der Waals surface area contributed by atoms with Gasteiger partial charge >= 0.3 is 0 Å². The van der Waals surface area contributed by atoms with E-state index in [1.54, 1.807) is 19.2 Å². The minimum atomic E-state index is -0.211. The van der Waals surface area contributed by atoms with E-state index in [4.69, 9.17) is 14.2 Å². The lowest BCUT2D eigenvalue weighted by atomic mass is 10.1. The highest BCUT2D eigenvalue weighted by molar-refractivity contribution is 9.10. The van der Waals surface area contributed by atoms with Crippen molar-refractivity contribution >= 4 is 21.8 Å². The molecule has 0 aliphatic rings. The van der Waals surface area contributed by atoms with Gasteiger partial charge in [-0.1, -0.05) is 12.1 Å². The Morgan fingerprint density at radius 1 is 1.04 bits per heavy atom. The van der Waals surface area contributed by atoms with Crippen molar-refractivity contribution in [1.82, 2.24) is 5.32 Å². The second-order valence-electron chi connectivity index (χ2n) is 4.73. The number of hydrogen-bond donors (Lipinski definition) is 1. The molecule has 0 spiro atoms. The molecule has 2 aromatic carbocycles. The van der Waals surface area contributed by atoms with Gasteiger partial charge in [-0.15, -0.1) is 0 Å². The first-order valence-corrected chi connectivity index (χ1v) is 7.71. The molecule has 0 fully saturated rings. The second-order valence-corrected chi connectivity index (χ2v) is 5.52. The first kappa shape index (κ1) is 17.1. The fraction of sp³-hybridized carbons (Fsp3) is 0.235. The average molecular weight is 380 g/mol. The number of hydrogen-bond acceptors (Lipinski definition) is 4. The molecule has 5 nitrogen and oxygen atoms in total. The Hall–Kier alpha value is -2.21. The number of carbonyl (C=O) groups excluding carboxylic acids is 1. The van der Waals surface area contributed by atoms with Crippen LogP contribution < -0.4 is 19.5 Å². The van der Waals surface area contributed by atoms with Gasteiger partial charge < -0.3 is 19.5 Å². The molecule has 23 heavy (non-hydrogen) atoms. The number of amides is 1. The second kappa shape index (κ2) is 7.87. The highest BCUT2D eigenvalue weighted by Gasteiger charge is 2.14. The lowest BCUT2D eigenvalue weighted by Gasteiger charge is -2.12. The van der Waals surface area contributed by atoms with Crippen LogP contribution in [-0.2, 0) is 6.54 Å². The quantitative estimate of drug-likeness (QED) is 0.835. The standard InChI is InChI=1S/C17H18BrNO4/c1-21-13-6-4-5-11(7-13)10-19-17(20)12-8-14(22-2)16(18)15(9-12)23-3/h4-9H,10H2,1-3H3,(H,19,20). The molecular formula is C17H18BrNO4. The number of halogens is 1. The van der Waals surface area contributed by atoms with Gasteiger partial charge in [-0.25, -0.2) is 0 Å². The molecule has 0 heterocycles. The van der Waals surface area contributed by atoms with Gasteiger partial charge in [-0.2, -0.15) is 0 Å². The third-order valence-corrected chi connectivity index (χ3v) is 4.08. The van der Waals surface area contributed by atoms with E-state index < -0.39 is 0 Å². The van der Waals surface area contributed by atoms with E-state index in [0.717, 1.165) is 11.3 Å². The zero-order valence-electron chi connectivity index (χ0n) is 13.2. The fourth-order valence-electron chi connectivity index (χ4n) is 2.07. The zero-order valence-corrected chi connectivity index (χ0v) is 14.8. The topological polar surface area (TPSA) is 56.8 Å². The molecule has 1 amide bonds. The normalized spacial score (nSPS) is 10.1. The molecule has 122 valence electrons. The number of ether oxygens (including phenoxy) is 3. The van der Waals surface area contributed by atoms with Crippen molar-refractivity contribution in [2.45, 2.75) is 6.54 Å². The van der Waals surface area contributed by atoms with Crippen LogP contribution in [0.1, 0.15) is 15.9 Å². The van der Waals surface area contributed by atoms with Gasteiger partial charge in [0.05, 0.1) is 21.3 Å². The highest BCUT2D eigenvalue weighted by atomic mass is 79.9. The molecule has 0 saturated carbocycles. The molecule has 2 rings (SSSR count). The minimum Gasteiger partial charge on any atom is -0.497 e. The van der Waals surface area contributed by atoms with Crippen LogP contribution >= 0.6 is 15.9 Å². The Labute approximate surface area is 143 Å². The van der Waals surface area contributed by atoms with Crippen LogP contribution in [0.2, 0.25) is 0 Å². The Kier molecular flexibility index (Phi) is 5.87. The van der Waals surface area contributed by atoms with Gasteiger partial charge in [-0.05, 0) is 45.8 Å². The minimum absolute atomic E-state index is 0.211. The van der Waals surface area contributed by atoms with Crippen molar-refractivity contribution in [3.8, 4) is 17.2 Å². The molecule has 0 aromatic heterocycles. The SMILES string of the molecule is COc1cccc(CNC(=O)c2cc(OC)c(Br)c(OC)c2)c1. The number of rotatable bonds is 6. The predicted molar refractivity (Wildman–Crippen MR) is 91.4 cm³/mol. The van der Waals surface area contributed by atoms with E-state index >= 15 is 0 Å². The van der Waals surface area contributed by atoms with Gasteiger partial charge in [0, 0.05) is 12.1 Å². The molecule has 0 unspecified atom stereocenters. The summed E-state index contributed by atoms with van der Waals surface area (Å²) in [6.07, 6.45) is 0. The van der Waals surface area contributed by atoms with Crippen molar-refractivity contribution in [2.24, 2.45) is 0 Å². The summed E-state index contributed by atoms with van der Waals surface area (Å²) in [5.74, 6) is 1.62. The first-order chi connectivity index (χ1) is 11.1. The molecule has 0 aliphatic carbocycles. The van der Waals surface area contributed by atoms with Crippen LogP contribution in [0.15, 0.2) is 40.9 Å². The van der Waals surface area contributed by atoms with E-state index in [-0.39, 0.29) is 5.91 Å². The van der Waals surface area contributed by atoms with E-state index in [1.807, 2.05) is 24.3 Å². The monoisotopic (exact) mass is 379 g/mol. The predicted octanol–water partition coefficient (Wildman–Crippen LogP) is 3.40. The summed E-state index contributed by atoms with van der Waals surface area (Å²) in [5.41, 5.74) is 1.42. The fourth-order valence-corrected chi connectivity index (χ4v) is 2.62. The van der Waals surface area contributed by atoms with Crippen LogP contribution in [0.3, 0.4) is 0 Å². The molecule has 0 saturated heterocycles. The lowest BCUT2D eigenvalue weighted by Crippen LogP contribution is -2.22. The summed E-state index contributed by atoms with van der Waals surface area (Å²) in [5, 5.41) is 2.87. The summed E-state index contributed by atoms with van der Waals surface area (Å²) in [6.45, 7) is 0.400. The number of carbonyl (C=O) groups is 1. The van der Waals surface area contributed by atoms with Crippen LogP contribution in [0, 0.1) is 0 Å². The third-order valence-electron chi connectivity index (χ3n) is 3.30. The maximum Gasteiger partial charge on any atom is 0.251 e. The molecule has 0 aliphatic heterocycles. The van der Waals surface area contributed by atoms with Crippen molar-refractivity contribution in [1.29, 1.82) is 0 Å². The molecule has 0 radical (unpaired) electrons. The Morgan fingerprint density at radius 2 is 1.70 bits per heavy atom. The van der Waals surface area contributed by atoms with Crippen LogP contribution in [0.4, 0.5) is 0 Å². The molecule has 0 atom stereocenters. The first-order valence-electron chi connectivity index (χ1n) is 6.91. The third kappa shape index (κ3) is 4.16. The van der Waals surface area contributed by atoms with Gasteiger partial charge in [0.15, 0.2) is 0 Å². The van der Waals surface area contributed by atoms with Crippen LogP contribution in [-0.4, -0.2) is 27.2 Å². The molecular weight excluding hydrogens is 362 g/mol. The largest absolute Gasteiger partial charge is 0.497 e. The summed E-state index contributed by atoms with van der Waals surface area (Å²) < 4.78 is 16.3. The van der Waals surface area contributed by atoms with Gasteiger partial charge in [0.25, 0.3) is 5.91 Å². The van der Waals surface area contributed by atoms with Crippen LogP contribution in [0.25, 0.3) is 0 Å². The smallest absolute Gasteiger partial charge is 0.251 e. The summed E-state index contributed by atoms with van der Waals surface area (Å²) in [6, 6.07) is 10.9. The molecule has 1 N–H and O–H groups in total. The lowest BCUT2D eigenvalue weighted by molar-refractivity contribution is 0.0950. The van der Waals surface area contributed by atoms with Crippen molar-refractivity contribution in [3.05, 3.63) is 52.0 Å². The molecule has 6 heteroatoms. The number of methoxy groups -OCH3 is 3. The van der Waals surface area contributed by atoms with E-state index in [0.29, 0.717) is 28.1 Å². The summed E-state index contributed by atoms with van der Waals surface area (Å²) in [4.78, 5) is 12.4. The van der Waals surface area contributed by atoms with Gasteiger partial charge in [0.2, 0.25) is 0 Å². The summed E-state index contributed by atoms with van der Waals surface area (Å²) >= 11 is 3.38. The number of nitrogens with one attached hydrogen (secondary N) is 1. The summed E-state index contributed by atoms with van der Waals surface area (Å²) in [7, 11) is 4.69. The van der Waals surface area contributed by atoms with Crippen molar-refractivity contribution in [3.63, 3.8) is 0 Å². The van der Waals surface area contributed by atoms with Crippen LogP contribution in [0.5, 0.6) is 17.2 Å². The maximum absolute atomic E-state index is 12.4. The Balaban J connectivity index is 2.14. The van der Waals surface area contributed by atoms with Gasteiger partial charge in [-0.3, -0.25) is 4.79 Å².